The summed E-state index contributed by atoms with van der Waals surface area (Å²) in [6, 6.07) is 25.4. The van der Waals surface area contributed by atoms with Gasteiger partial charge in [0.25, 0.3) is 0 Å². The first-order valence-corrected chi connectivity index (χ1v) is 8.23. The second-order valence-electron chi connectivity index (χ2n) is 5.94. The van der Waals surface area contributed by atoms with Crippen molar-refractivity contribution in [3.05, 3.63) is 84.1 Å². The molecule has 118 valence electrons. The molecule has 1 N–H and O–H groups in total. The van der Waals surface area contributed by atoms with Crippen LogP contribution >= 0.6 is 0 Å². The van der Waals surface area contributed by atoms with Crippen LogP contribution in [0, 0.1) is 0 Å². The standard InChI is InChI=1S/C21H23NO/c1-17(12-13-18-8-4-2-5-9-18)22-16-20-14-15-21(23-20)19-10-6-3-7-11-19/h2-11,14-15,17,22H,12-13,16H2,1H3/t17-/m1/s1. The van der Waals surface area contributed by atoms with Crippen molar-refractivity contribution in [2.75, 3.05) is 0 Å². The fourth-order valence-corrected chi connectivity index (χ4v) is 2.64. The van der Waals surface area contributed by atoms with E-state index in [0.717, 1.165) is 36.5 Å². The molecule has 2 nitrogen and oxygen atoms in total. The maximum absolute atomic E-state index is 5.92. The van der Waals surface area contributed by atoms with E-state index in [-0.39, 0.29) is 0 Å². The highest BCUT2D eigenvalue weighted by Crippen LogP contribution is 2.21. The number of hydrogen-bond acceptors (Lipinski definition) is 2. The van der Waals surface area contributed by atoms with Crippen molar-refractivity contribution in [3.8, 4) is 11.3 Å². The van der Waals surface area contributed by atoms with Crippen LogP contribution in [0.4, 0.5) is 0 Å². The van der Waals surface area contributed by atoms with E-state index in [1.165, 1.54) is 5.56 Å². The lowest BCUT2D eigenvalue weighted by atomic mass is 10.1. The monoisotopic (exact) mass is 305 g/mol. The zero-order valence-corrected chi connectivity index (χ0v) is 13.5. The molecule has 0 saturated carbocycles. The van der Waals surface area contributed by atoms with Crippen LogP contribution in [0.2, 0.25) is 0 Å². The van der Waals surface area contributed by atoms with E-state index >= 15 is 0 Å². The quantitative estimate of drug-likeness (QED) is 0.660. The Balaban J connectivity index is 1.48. The molecule has 0 unspecified atom stereocenters. The van der Waals surface area contributed by atoms with Gasteiger partial charge in [-0.2, -0.15) is 0 Å². The lowest BCUT2D eigenvalue weighted by Crippen LogP contribution is -2.25. The summed E-state index contributed by atoms with van der Waals surface area (Å²) in [5.74, 6) is 1.91. The molecule has 0 saturated heterocycles. The Labute approximate surface area is 138 Å². The maximum Gasteiger partial charge on any atom is 0.134 e. The summed E-state index contributed by atoms with van der Waals surface area (Å²) in [7, 11) is 0. The SMILES string of the molecule is C[C@H](CCc1ccccc1)NCc1ccc(-c2ccccc2)o1. The molecule has 1 heterocycles. The topological polar surface area (TPSA) is 25.2 Å². The minimum Gasteiger partial charge on any atom is -0.460 e. The largest absolute Gasteiger partial charge is 0.460 e. The van der Waals surface area contributed by atoms with Crippen LogP contribution < -0.4 is 5.32 Å². The normalized spacial score (nSPS) is 12.2. The second-order valence-corrected chi connectivity index (χ2v) is 5.94. The highest BCUT2D eigenvalue weighted by atomic mass is 16.3. The Bertz CT molecular complexity index is 703. The maximum atomic E-state index is 5.92. The molecule has 0 aliphatic rings. The van der Waals surface area contributed by atoms with Gasteiger partial charge in [0.1, 0.15) is 11.5 Å². The predicted molar refractivity (Wildman–Crippen MR) is 95.2 cm³/mol. The third-order valence-electron chi connectivity index (χ3n) is 4.05. The molecule has 0 radical (unpaired) electrons. The van der Waals surface area contributed by atoms with Crippen LogP contribution in [0.15, 0.2) is 77.2 Å². The highest BCUT2D eigenvalue weighted by Gasteiger charge is 2.06. The first-order valence-electron chi connectivity index (χ1n) is 8.23. The molecule has 0 aliphatic heterocycles. The van der Waals surface area contributed by atoms with Gasteiger partial charge in [-0.1, -0.05) is 60.7 Å². The fourth-order valence-electron chi connectivity index (χ4n) is 2.64. The summed E-state index contributed by atoms with van der Waals surface area (Å²) in [5.41, 5.74) is 2.52. The van der Waals surface area contributed by atoms with Crippen LogP contribution in [-0.2, 0) is 13.0 Å². The van der Waals surface area contributed by atoms with Crippen LogP contribution in [0.5, 0.6) is 0 Å². The molecule has 23 heavy (non-hydrogen) atoms. The van der Waals surface area contributed by atoms with E-state index in [0.29, 0.717) is 6.04 Å². The van der Waals surface area contributed by atoms with Crippen molar-refractivity contribution >= 4 is 0 Å². The molecular weight excluding hydrogens is 282 g/mol. The zero-order chi connectivity index (χ0) is 15.9. The summed E-state index contributed by atoms with van der Waals surface area (Å²) >= 11 is 0. The van der Waals surface area contributed by atoms with Crippen LogP contribution in [-0.4, -0.2) is 6.04 Å². The first kappa shape index (κ1) is 15.6. The van der Waals surface area contributed by atoms with Gasteiger partial charge in [0.2, 0.25) is 0 Å². The minimum absolute atomic E-state index is 0.459. The third kappa shape index (κ3) is 4.57. The van der Waals surface area contributed by atoms with E-state index in [9.17, 15) is 0 Å². The highest BCUT2D eigenvalue weighted by molar-refractivity contribution is 5.57. The van der Waals surface area contributed by atoms with Crippen molar-refractivity contribution in [1.82, 2.24) is 5.32 Å². The molecule has 2 aromatic carbocycles. The zero-order valence-electron chi connectivity index (χ0n) is 13.5. The van der Waals surface area contributed by atoms with E-state index < -0.39 is 0 Å². The number of nitrogens with one attached hydrogen (secondary N) is 1. The van der Waals surface area contributed by atoms with E-state index in [1.807, 2.05) is 24.3 Å². The summed E-state index contributed by atoms with van der Waals surface area (Å²) in [5, 5.41) is 3.54. The first-order chi connectivity index (χ1) is 11.3. The fraction of sp³-hybridized carbons (Fsp3) is 0.238. The predicted octanol–water partition coefficient (Wildman–Crippen LogP) is 5.06. The number of rotatable bonds is 7. The van der Waals surface area contributed by atoms with E-state index in [4.69, 9.17) is 4.42 Å². The van der Waals surface area contributed by atoms with Gasteiger partial charge in [-0.3, -0.25) is 0 Å². The molecule has 2 heteroatoms. The Morgan fingerprint density at radius 1 is 0.870 bits per heavy atom. The van der Waals surface area contributed by atoms with Crippen molar-refractivity contribution < 1.29 is 4.42 Å². The molecule has 1 aromatic heterocycles. The van der Waals surface area contributed by atoms with Gasteiger partial charge in [0.05, 0.1) is 6.54 Å². The summed E-state index contributed by atoms with van der Waals surface area (Å²) < 4.78 is 5.92. The molecule has 3 rings (SSSR count). The van der Waals surface area contributed by atoms with Gasteiger partial charge >= 0.3 is 0 Å². The molecule has 0 aliphatic carbocycles. The van der Waals surface area contributed by atoms with Gasteiger partial charge in [-0.05, 0) is 37.5 Å². The summed E-state index contributed by atoms with van der Waals surface area (Å²) in [6.45, 7) is 2.99. The molecular formula is C21H23NO. The average molecular weight is 305 g/mol. The van der Waals surface area contributed by atoms with E-state index in [1.54, 1.807) is 0 Å². The van der Waals surface area contributed by atoms with Crippen molar-refractivity contribution in [3.63, 3.8) is 0 Å². The van der Waals surface area contributed by atoms with Crippen molar-refractivity contribution in [1.29, 1.82) is 0 Å². The van der Waals surface area contributed by atoms with Crippen LogP contribution in [0.3, 0.4) is 0 Å². The molecule has 0 bridgehead atoms. The lowest BCUT2D eigenvalue weighted by Gasteiger charge is -2.12. The molecule has 0 spiro atoms. The lowest BCUT2D eigenvalue weighted by molar-refractivity contribution is 0.449. The number of benzene rings is 2. The number of furan rings is 1. The number of hydrogen-bond donors (Lipinski definition) is 1. The van der Waals surface area contributed by atoms with Crippen molar-refractivity contribution in [2.24, 2.45) is 0 Å². The van der Waals surface area contributed by atoms with Gasteiger partial charge < -0.3 is 9.73 Å². The average Bonchev–Trinajstić information content (AvgIpc) is 3.09. The van der Waals surface area contributed by atoms with Crippen LogP contribution in [0.25, 0.3) is 11.3 Å². The Kier molecular flexibility index (Phi) is 5.28. The Morgan fingerprint density at radius 3 is 2.30 bits per heavy atom. The Hall–Kier alpha value is -2.32. The molecule has 0 fully saturated rings. The second kappa shape index (κ2) is 7.80. The van der Waals surface area contributed by atoms with E-state index in [2.05, 4.69) is 60.8 Å². The van der Waals surface area contributed by atoms with Gasteiger partial charge in [-0.15, -0.1) is 0 Å². The summed E-state index contributed by atoms with van der Waals surface area (Å²) in [6.07, 6.45) is 2.22. The number of aryl methyl sites for hydroxylation is 1. The van der Waals surface area contributed by atoms with Gasteiger partial charge in [0.15, 0.2) is 0 Å². The molecule has 1 atom stereocenters. The molecule has 3 aromatic rings. The third-order valence-corrected chi connectivity index (χ3v) is 4.05. The molecule has 0 amide bonds. The minimum atomic E-state index is 0.459. The Morgan fingerprint density at radius 2 is 1.57 bits per heavy atom. The van der Waals surface area contributed by atoms with Gasteiger partial charge in [-0.25, -0.2) is 0 Å². The smallest absolute Gasteiger partial charge is 0.134 e. The van der Waals surface area contributed by atoms with Crippen molar-refractivity contribution in [2.45, 2.75) is 32.4 Å². The van der Waals surface area contributed by atoms with Crippen LogP contribution in [0.1, 0.15) is 24.7 Å². The van der Waals surface area contributed by atoms with Gasteiger partial charge in [0, 0.05) is 11.6 Å². The summed E-state index contributed by atoms with van der Waals surface area (Å²) in [4.78, 5) is 0.